The van der Waals surface area contributed by atoms with E-state index in [1.54, 1.807) is 24.3 Å². The highest BCUT2D eigenvalue weighted by molar-refractivity contribution is 9.13. The van der Waals surface area contributed by atoms with Gasteiger partial charge in [-0.2, -0.15) is 0 Å². The fourth-order valence-corrected chi connectivity index (χ4v) is 3.59. The molecular weight excluding hydrogens is 496 g/mol. The van der Waals surface area contributed by atoms with E-state index in [1.165, 1.54) is 0 Å². The van der Waals surface area contributed by atoms with Crippen LogP contribution in [0.4, 0.5) is 0 Å². The molecular formula is C12H6Br4O2. The molecule has 0 saturated carbocycles. The van der Waals surface area contributed by atoms with Gasteiger partial charge in [0.15, 0.2) is 0 Å². The van der Waals surface area contributed by atoms with Crippen molar-refractivity contribution in [1.29, 1.82) is 0 Å². The molecule has 0 atom stereocenters. The maximum atomic E-state index is 9.76. The van der Waals surface area contributed by atoms with Crippen molar-refractivity contribution in [1.82, 2.24) is 0 Å². The van der Waals surface area contributed by atoms with Crippen LogP contribution in [0, 0.1) is 0 Å². The molecule has 0 heterocycles. The molecule has 2 aromatic rings. The lowest BCUT2D eigenvalue weighted by Crippen LogP contribution is -1.85. The van der Waals surface area contributed by atoms with Gasteiger partial charge in [-0.1, -0.05) is 15.9 Å². The van der Waals surface area contributed by atoms with Gasteiger partial charge in [-0.25, -0.2) is 0 Å². The van der Waals surface area contributed by atoms with Gasteiger partial charge < -0.3 is 10.2 Å². The molecule has 0 amide bonds. The first-order chi connectivity index (χ1) is 8.41. The van der Waals surface area contributed by atoms with Crippen LogP contribution in [-0.2, 0) is 0 Å². The van der Waals surface area contributed by atoms with Crippen molar-refractivity contribution < 1.29 is 10.2 Å². The number of phenols is 2. The number of hydrogen-bond donors (Lipinski definition) is 2. The number of aromatic hydroxyl groups is 2. The first-order valence-corrected chi connectivity index (χ1v) is 7.94. The number of rotatable bonds is 1. The van der Waals surface area contributed by atoms with Crippen LogP contribution in [0.25, 0.3) is 11.1 Å². The van der Waals surface area contributed by atoms with Gasteiger partial charge in [-0.3, -0.25) is 0 Å². The van der Waals surface area contributed by atoms with Crippen LogP contribution in [0.15, 0.2) is 42.2 Å². The molecule has 2 N–H and O–H groups in total. The highest BCUT2D eigenvalue weighted by atomic mass is 79.9. The predicted octanol–water partition coefficient (Wildman–Crippen LogP) is 5.81. The lowest BCUT2D eigenvalue weighted by atomic mass is 10.1. The average molecular weight is 502 g/mol. The molecule has 0 aliphatic carbocycles. The van der Waals surface area contributed by atoms with Crippen LogP contribution in [-0.4, -0.2) is 10.2 Å². The Kier molecular flexibility index (Phi) is 4.41. The molecule has 0 radical (unpaired) electrons. The fourth-order valence-electron chi connectivity index (χ4n) is 1.49. The maximum absolute atomic E-state index is 9.76. The van der Waals surface area contributed by atoms with E-state index in [2.05, 4.69) is 63.7 Å². The van der Waals surface area contributed by atoms with E-state index in [0.717, 1.165) is 20.1 Å². The predicted molar refractivity (Wildman–Crippen MR) is 86.0 cm³/mol. The van der Waals surface area contributed by atoms with E-state index in [4.69, 9.17) is 0 Å². The summed E-state index contributed by atoms with van der Waals surface area (Å²) in [6.45, 7) is 0. The number of phenolic OH excluding ortho intramolecular Hbond substituents is 2. The summed E-state index contributed by atoms with van der Waals surface area (Å²) in [4.78, 5) is 0. The van der Waals surface area contributed by atoms with Crippen molar-refractivity contribution in [3.05, 3.63) is 42.2 Å². The smallest absolute Gasteiger partial charge is 0.130 e. The summed E-state index contributed by atoms with van der Waals surface area (Å²) in [7, 11) is 0. The molecule has 0 aromatic heterocycles. The summed E-state index contributed by atoms with van der Waals surface area (Å²) in [6, 6.07) is 6.79. The minimum atomic E-state index is 0.156. The largest absolute Gasteiger partial charge is 0.507 e. The Balaban J connectivity index is 2.70. The normalized spacial score (nSPS) is 10.7. The number of halogens is 4. The Hall–Kier alpha value is -0.0400. The summed E-state index contributed by atoms with van der Waals surface area (Å²) >= 11 is 13.4. The lowest BCUT2D eigenvalue weighted by Gasteiger charge is -2.11. The third kappa shape index (κ3) is 2.61. The first-order valence-electron chi connectivity index (χ1n) is 4.77. The third-order valence-electron chi connectivity index (χ3n) is 2.39. The van der Waals surface area contributed by atoms with Gasteiger partial charge >= 0.3 is 0 Å². The molecule has 0 aliphatic heterocycles. The molecule has 2 nitrogen and oxygen atoms in total. The second-order valence-electron chi connectivity index (χ2n) is 3.54. The highest BCUT2D eigenvalue weighted by Gasteiger charge is 2.14. The van der Waals surface area contributed by atoms with Crippen molar-refractivity contribution in [3.8, 4) is 22.6 Å². The minimum Gasteiger partial charge on any atom is -0.507 e. The summed E-state index contributed by atoms with van der Waals surface area (Å²) in [5, 5.41) is 19.4. The summed E-state index contributed by atoms with van der Waals surface area (Å²) < 4.78 is 2.76. The molecule has 18 heavy (non-hydrogen) atoms. The van der Waals surface area contributed by atoms with E-state index < -0.39 is 0 Å². The van der Waals surface area contributed by atoms with Crippen LogP contribution in [0.2, 0.25) is 0 Å². The molecule has 0 fully saturated rings. The van der Waals surface area contributed by atoms with E-state index in [-0.39, 0.29) is 11.5 Å². The van der Waals surface area contributed by atoms with Gasteiger partial charge in [0.1, 0.15) is 11.5 Å². The van der Waals surface area contributed by atoms with Gasteiger partial charge in [0.25, 0.3) is 0 Å². The highest BCUT2D eigenvalue weighted by Crippen LogP contribution is 2.43. The van der Waals surface area contributed by atoms with Crippen molar-refractivity contribution in [2.45, 2.75) is 0 Å². The quantitative estimate of drug-likeness (QED) is 0.517. The van der Waals surface area contributed by atoms with Crippen LogP contribution in [0.1, 0.15) is 0 Å². The van der Waals surface area contributed by atoms with Gasteiger partial charge in [-0.15, -0.1) is 0 Å². The molecule has 0 spiro atoms. The van der Waals surface area contributed by atoms with E-state index in [0.29, 0.717) is 8.95 Å². The lowest BCUT2D eigenvalue weighted by molar-refractivity contribution is 0.471. The van der Waals surface area contributed by atoms with E-state index in [1.807, 2.05) is 0 Å². The summed E-state index contributed by atoms with van der Waals surface area (Å²) in [6.07, 6.45) is 0. The van der Waals surface area contributed by atoms with Crippen LogP contribution in [0.5, 0.6) is 11.5 Å². The fraction of sp³-hybridized carbons (Fsp3) is 0. The number of hydrogen-bond acceptors (Lipinski definition) is 2. The molecule has 0 unspecified atom stereocenters. The Labute approximate surface area is 138 Å². The Morgan fingerprint density at radius 2 is 1.33 bits per heavy atom. The molecule has 94 valence electrons. The SMILES string of the molecule is Oc1cc(-c2ccc(O)c(Br)c2Br)c(Br)cc1Br. The molecule has 0 bridgehead atoms. The monoisotopic (exact) mass is 498 g/mol. The van der Waals surface area contributed by atoms with Crippen molar-refractivity contribution in [2.75, 3.05) is 0 Å². The average Bonchev–Trinajstić information content (AvgIpc) is 2.32. The third-order valence-corrected chi connectivity index (χ3v) is 5.84. The van der Waals surface area contributed by atoms with Crippen molar-refractivity contribution >= 4 is 63.7 Å². The van der Waals surface area contributed by atoms with Crippen molar-refractivity contribution in [3.63, 3.8) is 0 Å². The zero-order valence-electron chi connectivity index (χ0n) is 8.72. The Morgan fingerprint density at radius 1 is 0.667 bits per heavy atom. The van der Waals surface area contributed by atoms with Crippen LogP contribution in [0.3, 0.4) is 0 Å². The molecule has 2 rings (SSSR count). The zero-order valence-corrected chi connectivity index (χ0v) is 15.1. The Bertz CT molecular complexity index is 626. The molecule has 2 aromatic carbocycles. The first kappa shape index (κ1) is 14.4. The van der Waals surface area contributed by atoms with Gasteiger partial charge in [0.2, 0.25) is 0 Å². The van der Waals surface area contributed by atoms with E-state index in [9.17, 15) is 10.2 Å². The second-order valence-corrected chi connectivity index (χ2v) is 6.84. The van der Waals surface area contributed by atoms with Crippen LogP contribution < -0.4 is 0 Å². The molecule has 0 aliphatic rings. The van der Waals surface area contributed by atoms with Gasteiger partial charge in [0, 0.05) is 14.5 Å². The minimum absolute atomic E-state index is 0.156. The van der Waals surface area contributed by atoms with Crippen molar-refractivity contribution in [2.24, 2.45) is 0 Å². The van der Waals surface area contributed by atoms with Gasteiger partial charge in [0.05, 0.1) is 8.95 Å². The summed E-state index contributed by atoms with van der Waals surface area (Å²) in [5.74, 6) is 0.312. The number of benzene rings is 2. The maximum Gasteiger partial charge on any atom is 0.130 e. The molecule has 0 saturated heterocycles. The van der Waals surface area contributed by atoms with Gasteiger partial charge in [-0.05, 0) is 77.6 Å². The zero-order chi connectivity index (χ0) is 13.4. The van der Waals surface area contributed by atoms with Crippen LogP contribution >= 0.6 is 63.7 Å². The molecule has 6 heteroatoms. The topological polar surface area (TPSA) is 40.5 Å². The second kappa shape index (κ2) is 5.53. The van der Waals surface area contributed by atoms with E-state index >= 15 is 0 Å². The summed E-state index contributed by atoms with van der Waals surface area (Å²) in [5.41, 5.74) is 1.68. The standard InChI is InChI=1S/C12H6Br4O2/c13-7-4-8(14)10(18)3-6(7)5-1-2-9(17)12(16)11(5)15/h1-4,17-18H. The Morgan fingerprint density at radius 3 is 2.00 bits per heavy atom.